The maximum Gasteiger partial charge on any atom is 0.387 e. The number of hydrogen-bond acceptors (Lipinski definition) is 10. The van der Waals surface area contributed by atoms with Gasteiger partial charge >= 0.3 is 6.61 Å². The second-order valence-corrected chi connectivity index (χ2v) is 10.2. The Morgan fingerprint density at radius 2 is 1.97 bits per heavy atom. The van der Waals surface area contributed by atoms with Crippen LogP contribution in [0.15, 0.2) is 12.1 Å². The van der Waals surface area contributed by atoms with E-state index in [4.69, 9.17) is 28.8 Å². The van der Waals surface area contributed by atoms with Crippen LogP contribution in [0.4, 0.5) is 26.0 Å². The van der Waals surface area contributed by atoms with E-state index >= 15 is 0 Å². The number of benzene rings is 1. The third-order valence-corrected chi connectivity index (χ3v) is 7.85. The van der Waals surface area contributed by atoms with E-state index in [-0.39, 0.29) is 66.2 Å². The van der Waals surface area contributed by atoms with E-state index in [1.807, 2.05) is 13.1 Å². The maximum absolute atomic E-state index is 13.2. The van der Waals surface area contributed by atoms with Crippen LogP contribution in [0, 0.1) is 11.3 Å². The molecule has 0 aliphatic carbocycles. The first-order valence-corrected chi connectivity index (χ1v) is 12.9. The van der Waals surface area contributed by atoms with Crippen LogP contribution in [0.5, 0.6) is 5.75 Å². The molecule has 4 rings (SSSR count). The standard InChI is InChI=1S/C24H25ClF2N8O3S/c1-34-6-8-35(9-7-34)5-4-14(36)32-19-13(38-24(26)27)3-2-11(17(19)25)15-12(10-28)21(30)33-23-16(15)18(29)20(39-23)22(31)37/h2-3,24H,4-9,29H2,1H3,(H2,30,33)(H2,31,37)(H,32,36). The van der Waals surface area contributed by atoms with Crippen molar-refractivity contribution >= 4 is 62.2 Å². The van der Waals surface area contributed by atoms with Crippen molar-refractivity contribution in [3.63, 3.8) is 0 Å². The minimum absolute atomic E-state index is 0.000510. The summed E-state index contributed by atoms with van der Waals surface area (Å²) in [6, 6.07) is 4.47. The van der Waals surface area contributed by atoms with E-state index in [1.54, 1.807) is 0 Å². The summed E-state index contributed by atoms with van der Waals surface area (Å²) >= 11 is 7.57. The SMILES string of the molecule is CN1CCN(CCC(=O)Nc2c(OC(F)F)ccc(-c3c(C#N)c(N)nc4sc(C(N)=O)c(N)c34)c2Cl)CC1. The molecule has 1 saturated heterocycles. The Labute approximate surface area is 231 Å². The van der Waals surface area contributed by atoms with Gasteiger partial charge in [-0.2, -0.15) is 14.0 Å². The van der Waals surface area contributed by atoms with Crippen molar-refractivity contribution in [1.82, 2.24) is 14.8 Å². The van der Waals surface area contributed by atoms with Gasteiger partial charge in [-0.3, -0.25) is 9.59 Å². The number of halogens is 3. The van der Waals surface area contributed by atoms with Gasteiger partial charge in [0, 0.05) is 55.7 Å². The van der Waals surface area contributed by atoms with E-state index in [0.717, 1.165) is 37.5 Å². The van der Waals surface area contributed by atoms with Crippen LogP contribution in [0.25, 0.3) is 21.3 Å². The molecule has 3 aromatic rings. The number of nitrogen functional groups attached to an aromatic ring is 2. The Balaban J connectivity index is 1.78. The minimum Gasteiger partial charge on any atom is -0.433 e. The number of pyridine rings is 1. The number of nitrogens with zero attached hydrogens (tertiary/aromatic N) is 4. The number of carbonyl (C=O) groups is 2. The van der Waals surface area contributed by atoms with Gasteiger partial charge in [-0.25, -0.2) is 4.98 Å². The molecule has 0 atom stereocenters. The molecule has 1 aliphatic rings. The van der Waals surface area contributed by atoms with Gasteiger partial charge in [0.15, 0.2) is 5.75 Å². The molecular weight excluding hydrogens is 554 g/mol. The molecule has 1 aliphatic heterocycles. The molecule has 39 heavy (non-hydrogen) atoms. The second-order valence-electron chi connectivity index (χ2n) is 8.87. The number of thiophene rings is 1. The highest BCUT2D eigenvalue weighted by Crippen LogP contribution is 2.48. The smallest absolute Gasteiger partial charge is 0.387 e. The largest absolute Gasteiger partial charge is 0.433 e. The van der Waals surface area contributed by atoms with Crippen LogP contribution < -0.4 is 27.3 Å². The number of alkyl halides is 2. The van der Waals surface area contributed by atoms with Gasteiger partial charge in [0.25, 0.3) is 5.91 Å². The topological polar surface area (TPSA) is 177 Å². The minimum atomic E-state index is -3.20. The van der Waals surface area contributed by atoms with Crippen molar-refractivity contribution in [2.45, 2.75) is 13.0 Å². The predicted octanol–water partition coefficient (Wildman–Crippen LogP) is 2.93. The van der Waals surface area contributed by atoms with Crippen molar-refractivity contribution in [2.24, 2.45) is 5.73 Å². The monoisotopic (exact) mass is 578 g/mol. The molecule has 0 radical (unpaired) electrons. The molecule has 206 valence electrons. The normalized spacial score (nSPS) is 14.5. The molecule has 0 bridgehead atoms. The van der Waals surface area contributed by atoms with Crippen molar-refractivity contribution in [2.75, 3.05) is 56.6 Å². The molecule has 0 spiro atoms. The number of amides is 2. The summed E-state index contributed by atoms with van der Waals surface area (Å²) in [5.41, 5.74) is 17.6. The Hall–Kier alpha value is -3.77. The molecule has 0 unspecified atom stereocenters. The molecule has 1 fully saturated rings. The Morgan fingerprint density at radius 3 is 2.59 bits per heavy atom. The highest BCUT2D eigenvalue weighted by Gasteiger charge is 2.27. The van der Waals surface area contributed by atoms with Crippen LogP contribution >= 0.6 is 22.9 Å². The average molecular weight is 579 g/mol. The first-order valence-electron chi connectivity index (χ1n) is 11.7. The lowest BCUT2D eigenvalue weighted by Gasteiger charge is -2.32. The molecule has 0 saturated carbocycles. The van der Waals surface area contributed by atoms with E-state index in [0.29, 0.717) is 6.54 Å². The number of hydrogen-bond donors (Lipinski definition) is 4. The lowest BCUT2D eigenvalue weighted by atomic mass is 9.96. The number of primary amides is 1. The summed E-state index contributed by atoms with van der Waals surface area (Å²) in [6.07, 6.45) is 0.0771. The number of nitriles is 1. The van der Waals surface area contributed by atoms with Crippen LogP contribution in [-0.4, -0.2) is 73.0 Å². The van der Waals surface area contributed by atoms with Gasteiger partial charge in [-0.05, 0) is 19.2 Å². The highest BCUT2D eigenvalue weighted by atomic mass is 35.5. The number of nitrogens with two attached hydrogens (primary N) is 3. The summed E-state index contributed by atoms with van der Waals surface area (Å²) in [7, 11) is 2.02. The fourth-order valence-corrected chi connectivity index (χ4v) is 5.59. The molecular formula is C24H25ClF2N8O3S. The van der Waals surface area contributed by atoms with E-state index in [9.17, 15) is 23.6 Å². The lowest BCUT2D eigenvalue weighted by Crippen LogP contribution is -2.45. The number of anilines is 3. The van der Waals surface area contributed by atoms with Gasteiger partial charge < -0.3 is 37.1 Å². The molecule has 15 heteroatoms. The third kappa shape index (κ3) is 5.81. The van der Waals surface area contributed by atoms with Gasteiger partial charge in [0.05, 0.1) is 10.7 Å². The Bertz CT molecular complexity index is 1480. The molecule has 2 amide bonds. The number of fused-ring (bicyclic) bond motifs is 1. The fraction of sp³-hybridized carbons (Fsp3) is 0.333. The Morgan fingerprint density at radius 1 is 1.28 bits per heavy atom. The predicted molar refractivity (Wildman–Crippen MR) is 146 cm³/mol. The van der Waals surface area contributed by atoms with E-state index < -0.39 is 18.4 Å². The summed E-state index contributed by atoms with van der Waals surface area (Å²) in [4.78, 5) is 33.5. The fourth-order valence-electron chi connectivity index (χ4n) is 4.33. The van der Waals surface area contributed by atoms with Gasteiger partial charge in [0.2, 0.25) is 5.91 Å². The number of rotatable bonds is 8. The van der Waals surface area contributed by atoms with E-state index in [1.165, 1.54) is 12.1 Å². The Kier molecular flexibility index (Phi) is 8.36. The number of nitrogens with one attached hydrogen (secondary N) is 1. The molecule has 11 nitrogen and oxygen atoms in total. The quantitative estimate of drug-likeness (QED) is 0.313. The second kappa shape index (κ2) is 11.5. The molecule has 1 aromatic carbocycles. The zero-order valence-electron chi connectivity index (χ0n) is 20.8. The van der Waals surface area contributed by atoms with Crippen molar-refractivity contribution < 1.29 is 23.1 Å². The zero-order chi connectivity index (χ0) is 28.4. The number of carbonyl (C=O) groups excluding carboxylic acids is 2. The molecule has 3 heterocycles. The van der Waals surface area contributed by atoms with Crippen molar-refractivity contribution in [3.8, 4) is 22.9 Å². The van der Waals surface area contributed by atoms with Crippen LogP contribution in [0.1, 0.15) is 21.7 Å². The van der Waals surface area contributed by atoms with Crippen LogP contribution in [0.3, 0.4) is 0 Å². The number of likely N-dealkylation sites (N-methyl/N-ethyl adjacent to an activating group) is 1. The average Bonchev–Trinajstić information content (AvgIpc) is 3.21. The first-order chi connectivity index (χ1) is 18.5. The van der Waals surface area contributed by atoms with Crippen LogP contribution in [0.2, 0.25) is 5.02 Å². The highest BCUT2D eigenvalue weighted by molar-refractivity contribution is 7.21. The van der Waals surface area contributed by atoms with Gasteiger partial charge in [-0.15, -0.1) is 11.3 Å². The summed E-state index contributed by atoms with van der Waals surface area (Å²) in [5, 5.41) is 12.4. The van der Waals surface area contributed by atoms with E-state index in [2.05, 4.69) is 24.8 Å². The van der Waals surface area contributed by atoms with Crippen LogP contribution in [-0.2, 0) is 4.79 Å². The zero-order valence-corrected chi connectivity index (χ0v) is 22.3. The number of piperazine rings is 1. The number of ether oxygens (including phenoxy) is 1. The maximum atomic E-state index is 13.2. The summed E-state index contributed by atoms with van der Waals surface area (Å²) < 4.78 is 31.0. The molecule has 7 N–H and O–H groups in total. The summed E-state index contributed by atoms with van der Waals surface area (Å²) in [5.74, 6) is -1.82. The number of aromatic nitrogens is 1. The van der Waals surface area contributed by atoms with Crippen molar-refractivity contribution in [1.29, 1.82) is 5.26 Å². The molecule has 2 aromatic heterocycles. The van der Waals surface area contributed by atoms with Gasteiger partial charge in [0.1, 0.15) is 32.8 Å². The third-order valence-electron chi connectivity index (χ3n) is 6.34. The van der Waals surface area contributed by atoms with Gasteiger partial charge in [-0.1, -0.05) is 11.6 Å². The summed E-state index contributed by atoms with van der Waals surface area (Å²) in [6.45, 7) is 0.600. The lowest BCUT2D eigenvalue weighted by molar-refractivity contribution is -0.116. The first kappa shape index (κ1) is 28.2. The van der Waals surface area contributed by atoms with Crippen molar-refractivity contribution in [3.05, 3.63) is 27.6 Å².